The summed E-state index contributed by atoms with van der Waals surface area (Å²) in [5.41, 5.74) is 7.00. The van der Waals surface area contributed by atoms with Crippen molar-refractivity contribution in [3.05, 3.63) is 18.2 Å². The van der Waals surface area contributed by atoms with Crippen LogP contribution in [0.15, 0.2) is 18.2 Å². The molecule has 0 saturated carbocycles. The molecular weight excluding hydrogens is 294 g/mol. The summed E-state index contributed by atoms with van der Waals surface area (Å²) in [5, 5.41) is 2.89. The molecule has 0 aliphatic carbocycles. The first-order valence-corrected chi connectivity index (χ1v) is 7.95. The van der Waals surface area contributed by atoms with Crippen LogP contribution in [0.3, 0.4) is 0 Å². The summed E-state index contributed by atoms with van der Waals surface area (Å²) in [6.45, 7) is 5.07. The number of nitrogens with two attached hydrogens (primary N) is 1. The second-order valence-corrected chi connectivity index (χ2v) is 6.20. The Morgan fingerprint density at radius 1 is 1.30 bits per heavy atom. The minimum absolute atomic E-state index is 0.00245. The van der Waals surface area contributed by atoms with Gasteiger partial charge in [0, 0.05) is 30.6 Å². The van der Waals surface area contributed by atoms with Gasteiger partial charge in [-0.05, 0) is 31.0 Å². The van der Waals surface area contributed by atoms with Gasteiger partial charge in [-0.3, -0.25) is 9.59 Å². The Bertz CT molecular complexity index is 578. The van der Waals surface area contributed by atoms with Crippen LogP contribution in [0.1, 0.15) is 26.7 Å². The summed E-state index contributed by atoms with van der Waals surface area (Å²) in [7, 11) is 1.55. The van der Waals surface area contributed by atoms with E-state index in [2.05, 4.69) is 5.32 Å². The van der Waals surface area contributed by atoms with Crippen molar-refractivity contribution in [2.24, 2.45) is 11.8 Å². The van der Waals surface area contributed by atoms with Crippen molar-refractivity contribution in [3.63, 3.8) is 0 Å². The zero-order chi connectivity index (χ0) is 17.0. The van der Waals surface area contributed by atoms with Gasteiger partial charge in [-0.2, -0.15) is 0 Å². The molecule has 6 heteroatoms. The normalized spacial score (nSPS) is 15.6. The number of piperidine rings is 1. The maximum absolute atomic E-state index is 12.4. The highest BCUT2D eigenvalue weighted by atomic mass is 16.5. The van der Waals surface area contributed by atoms with Crippen molar-refractivity contribution in [1.82, 2.24) is 4.90 Å². The molecule has 0 spiro atoms. The fraction of sp³-hybridized carbons (Fsp3) is 0.529. The zero-order valence-electron chi connectivity index (χ0n) is 14.0. The average Bonchev–Trinajstić information content (AvgIpc) is 2.54. The van der Waals surface area contributed by atoms with E-state index in [1.54, 1.807) is 25.3 Å². The SMILES string of the molecule is COc1ccc(NC(=O)C2CCN(C(=O)C(C)C)CC2)cc1N. The molecule has 0 atom stereocenters. The van der Waals surface area contributed by atoms with E-state index in [4.69, 9.17) is 10.5 Å². The van der Waals surface area contributed by atoms with Gasteiger partial charge in [0.05, 0.1) is 12.8 Å². The number of hydrogen-bond donors (Lipinski definition) is 2. The molecule has 0 bridgehead atoms. The number of benzene rings is 1. The quantitative estimate of drug-likeness (QED) is 0.833. The average molecular weight is 319 g/mol. The summed E-state index contributed by atoms with van der Waals surface area (Å²) in [6.07, 6.45) is 1.38. The molecule has 0 unspecified atom stereocenters. The number of rotatable bonds is 4. The smallest absolute Gasteiger partial charge is 0.227 e. The van der Waals surface area contributed by atoms with E-state index < -0.39 is 0 Å². The fourth-order valence-electron chi connectivity index (χ4n) is 2.78. The third-order valence-electron chi connectivity index (χ3n) is 4.17. The molecule has 1 saturated heterocycles. The lowest BCUT2D eigenvalue weighted by atomic mass is 9.95. The predicted octanol–water partition coefficient (Wildman–Crippen LogP) is 2.11. The molecule has 2 amide bonds. The number of anilines is 2. The van der Waals surface area contributed by atoms with Crippen LogP contribution in [0.4, 0.5) is 11.4 Å². The summed E-state index contributed by atoms with van der Waals surface area (Å²) in [6, 6.07) is 5.19. The van der Waals surface area contributed by atoms with Crippen LogP contribution in [-0.4, -0.2) is 36.9 Å². The molecule has 1 aliphatic heterocycles. The Kier molecular flexibility index (Phi) is 5.47. The van der Waals surface area contributed by atoms with Crippen LogP contribution in [0.5, 0.6) is 5.75 Å². The number of amides is 2. The Labute approximate surface area is 137 Å². The van der Waals surface area contributed by atoms with Gasteiger partial charge in [0.25, 0.3) is 0 Å². The van der Waals surface area contributed by atoms with Crippen LogP contribution in [0.2, 0.25) is 0 Å². The van der Waals surface area contributed by atoms with Crippen molar-refractivity contribution in [2.45, 2.75) is 26.7 Å². The molecule has 1 aromatic carbocycles. The van der Waals surface area contributed by atoms with Gasteiger partial charge in [-0.15, -0.1) is 0 Å². The van der Waals surface area contributed by atoms with Crippen LogP contribution in [0, 0.1) is 11.8 Å². The number of likely N-dealkylation sites (tertiary alicyclic amines) is 1. The lowest BCUT2D eigenvalue weighted by Crippen LogP contribution is -2.43. The Morgan fingerprint density at radius 2 is 1.96 bits per heavy atom. The molecule has 1 heterocycles. The van der Waals surface area contributed by atoms with Gasteiger partial charge < -0.3 is 20.7 Å². The number of carbonyl (C=O) groups is 2. The highest BCUT2D eigenvalue weighted by Crippen LogP contribution is 2.26. The van der Waals surface area contributed by atoms with Crippen LogP contribution < -0.4 is 15.8 Å². The highest BCUT2D eigenvalue weighted by Gasteiger charge is 2.28. The molecule has 0 radical (unpaired) electrons. The number of nitrogen functional groups attached to an aromatic ring is 1. The van der Waals surface area contributed by atoms with E-state index in [1.807, 2.05) is 18.7 Å². The van der Waals surface area contributed by atoms with Crippen LogP contribution in [0.25, 0.3) is 0 Å². The molecule has 126 valence electrons. The number of carbonyl (C=O) groups excluding carboxylic acids is 2. The molecular formula is C17H25N3O3. The van der Waals surface area contributed by atoms with Crippen molar-refractivity contribution in [1.29, 1.82) is 0 Å². The van der Waals surface area contributed by atoms with E-state index >= 15 is 0 Å². The van der Waals surface area contributed by atoms with E-state index in [1.165, 1.54) is 0 Å². The first-order chi connectivity index (χ1) is 10.9. The lowest BCUT2D eigenvalue weighted by molar-refractivity contribution is -0.137. The second kappa shape index (κ2) is 7.35. The summed E-state index contributed by atoms with van der Waals surface area (Å²) < 4.78 is 5.10. The molecule has 2 rings (SSSR count). The minimum atomic E-state index is -0.0745. The van der Waals surface area contributed by atoms with Crippen LogP contribution >= 0.6 is 0 Å². The van der Waals surface area contributed by atoms with Crippen LogP contribution in [-0.2, 0) is 9.59 Å². The molecule has 6 nitrogen and oxygen atoms in total. The Hall–Kier alpha value is -2.24. The van der Waals surface area contributed by atoms with Crippen molar-refractivity contribution < 1.29 is 14.3 Å². The van der Waals surface area contributed by atoms with Gasteiger partial charge in [0.15, 0.2) is 0 Å². The summed E-state index contributed by atoms with van der Waals surface area (Å²) in [4.78, 5) is 26.2. The van der Waals surface area contributed by atoms with Gasteiger partial charge in [0.2, 0.25) is 11.8 Å². The van der Waals surface area contributed by atoms with Gasteiger partial charge in [0.1, 0.15) is 5.75 Å². The van der Waals surface area contributed by atoms with Gasteiger partial charge in [-0.25, -0.2) is 0 Å². The third kappa shape index (κ3) is 4.15. The number of methoxy groups -OCH3 is 1. The number of hydrogen-bond acceptors (Lipinski definition) is 4. The van der Waals surface area contributed by atoms with E-state index in [0.717, 1.165) is 0 Å². The predicted molar refractivity (Wildman–Crippen MR) is 90.2 cm³/mol. The summed E-state index contributed by atoms with van der Waals surface area (Å²) >= 11 is 0. The standard InChI is InChI=1S/C17H25N3O3/c1-11(2)17(22)20-8-6-12(7-9-20)16(21)19-13-4-5-15(23-3)14(18)10-13/h4-5,10-12H,6-9,18H2,1-3H3,(H,19,21). The van der Waals surface area contributed by atoms with E-state index in [9.17, 15) is 9.59 Å². The Morgan fingerprint density at radius 3 is 2.48 bits per heavy atom. The van der Waals surface area contributed by atoms with Crippen molar-refractivity contribution in [2.75, 3.05) is 31.2 Å². The largest absolute Gasteiger partial charge is 0.495 e. The molecule has 1 aliphatic rings. The molecule has 3 N–H and O–H groups in total. The molecule has 1 fully saturated rings. The topological polar surface area (TPSA) is 84.7 Å². The zero-order valence-corrected chi connectivity index (χ0v) is 14.0. The number of ether oxygens (including phenoxy) is 1. The van der Waals surface area contributed by atoms with Crippen molar-refractivity contribution in [3.8, 4) is 5.75 Å². The van der Waals surface area contributed by atoms with E-state index in [0.29, 0.717) is 43.1 Å². The minimum Gasteiger partial charge on any atom is -0.495 e. The Balaban J connectivity index is 1.90. The summed E-state index contributed by atoms with van der Waals surface area (Å²) in [5.74, 6) is 0.652. The van der Waals surface area contributed by atoms with E-state index in [-0.39, 0.29) is 23.7 Å². The third-order valence-corrected chi connectivity index (χ3v) is 4.17. The first kappa shape index (κ1) is 17.1. The first-order valence-electron chi connectivity index (χ1n) is 7.95. The molecule has 1 aromatic rings. The van der Waals surface area contributed by atoms with Gasteiger partial charge in [-0.1, -0.05) is 13.8 Å². The molecule has 0 aromatic heterocycles. The second-order valence-electron chi connectivity index (χ2n) is 6.20. The maximum Gasteiger partial charge on any atom is 0.227 e. The maximum atomic E-state index is 12.4. The number of nitrogens with one attached hydrogen (secondary N) is 1. The van der Waals surface area contributed by atoms with Crippen molar-refractivity contribution >= 4 is 23.2 Å². The lowest BCUT2D eigenvalue weighted by Gasteiger charge is -2.32. The molecule has 23 heavy (non-hydrogen) atoms. The fourth-order valence-corrected chi connectivity index (χ4v) is 2.78. The monoisotopic (exact) mass is 319 g/mol. The highest BCUT2D eigenvalue weighted by molar-refractivity contribution is 5.93. The number of nitrogens with zero attached hydrogens (tertiary/aromatic N) is 1. The van der Waals surface area contributed by atoms with Gasteiger partial charge >= 0.3 is 0 Å².